The number of nitrogens with zero attached hydrogens (tertiary/aromatic N) is 2. The maximum atomic E-state index is 11.4. The lowest BCUT2D eigenvalue weighted by Crippen LogP contribution is -2.04. The topological polar surface area (TPSA) is 47.5 Å². The summed E-state index contributed by atoms with van der Waals surface area (Å²) in [5.41, 5.74) is 1.33. The van der Waals surface area contributed by atoms with Crippen molar-refractivity contribution in [3.8, 4) is 0 Å². The maximum absolute atomic E-state index is 11.4. The van der Waals surface area contributed by atoms with Crippen LogP contribution in [0.15, 0.2) is 45.9 Å². The normalized spacial score (nSPS) is 11.1. The van der Waals surface area contributed by atoms with Crippen LogP contribution in [0.25, 0.3) is 16.7 Å². The van der Waals surface area contributed by atoms with E-state index in [9.17, 15) is 4.79 Å². The average Bonchev–Trinajstić information content (AvgIpc) is 2.67. The molecule has 3 aromatic heterocycles. The van der Waals surface area contributed by atoms with E-state index < -0.39 is 0 Å². The van der Waals surface area contributed by atoms with Gasteiger partial charge >= 0.3 is 5.63 Å². The Labute approximate surface area is 78.4 Å². The Morgan fingerprint density at radius 2 is 2.21 bits per heavy atom. The molecule has 0 fully saturated rings. The van der Waals surface area contributed by atoms with Gasteiger partial charge in [-0.15, -0.1) is 0 Å². The second kappa shape index (κ2) is 2.45. The summed E-state index contributed by atoms with van der Waals surface area (Å²) in [4.78, 5) is 15.6. The van der Waals surface area contributed by atoms with Crippen molar-refractivity contribution >= 4 is 16.7 Å². The van der Waals surface area contributed by atoms with Crippen LogP contribution in [0, 0.1) is 0 Å². The maximum Gasteiger partial charge on any atom is 0.360 e. The Balaban J connectivity index is 2.73. The van der Waals surface area contributed by atoms with Gasteiger partial charge in [-0.1, -0.05) is 0 Å². The number of rotatable bonds is 0. The predicted molar refractivity (Wildman–Crippen MR) is 51.2 cm³/mol. The molecule has 0 unspecified atom stereocenters. The van der Waals surface area contributed by atoms with E-state index in [2.05, 4.69) is 4.98 Å². The van der Waals surface area contributed by atoms with Gasteiger partial charge in [0.15, 0.2) is 11.2 Å². The lowest BCUT2D eigenvalue weighted by atomic mass is 10.4. The molecule has 4 heteroatoms. The Hall–Kier alpha value is -2.10. The summed E-state index contributed by atoms with van der Waals surface area (Å²) in [6, 6.07) is 6.96. The third-order valence-corrected chi connectivity index (χ3v) is 2.14. The first-order chi connectivity index (χ1) is 6.86. The molecule has 68 valence electrons. The van der Waals surface area contributed by atoms with Crippen molar-refractivity contribution in [1.82, 2.24) is 9.38 Å². The summed E-state index contributed by atoms with van der Waals surface area (Å²) in [6.45, 7) is 0. The minimum atomic E-state index is -0.337. The summed E-state index contributed by atoms with van der Waals surface area (Å²) in [5, 5.41) is 0. The van der Waals surface area contributed by atoms with Gasteiger partial charge in [0.1, 0.15) is 5.52 Å². The van der Waals surface area contributed by atoms with Crippen molar-refractivity contribution in [2.75, 3.05) is 0 Å². The van der Waals surface area contributed by atoms with Crippen molar-refractivity contribution in [2.24, 2.45) is 0 Å². The van der Waals surface area contributed by atoms with Gasteiger partial charge < -0.3 is 4.42 Å². The van der Waals surface area contributed by atoms with Crippen LogP contribution < -0.4 is 5.63 Å². The highest BCUT2D eigenvalue weighted by Gasteiger charge is 2.05. The van der Waals surface area contributed by atoms with Crippen LogP contribution in [0.2, 0.25) is 0 Å². The molecule has 0 amide bonds. The Kier molecular flexibility index (Phi) is 1.28. The van der Waals surface area contributed by atoms with Gasteiger partial charge in [0.2, 0.25) is 0 Å². The molecule has 0 radical (unpaired) electrons. The van der Waals surface area contributed by atoms with E-state index in [1.54, 1.807) is 41.1 Å². The molecule has 0 aromatic carbocycles. The molecule has 0 N–H and O–H groups in total. The molecule has 3 heterocycles. The van der Waals surface area contributed by atoms with E-state index in [4.69, 9.17) is 4.42 Å². The fourth-order valence-electron chi connectivity index (χ4n) is 1.53. The molecule has 0 aliphatic carbocycles. The number of aromatic nitrogens is 2. The SMILES string of the molecule is O=c1oc2cccnc2n2cccc12. The van der Waals surface area contributed by atoms with Crippen LogP contribution >= 0.6 is 0 Å². The first-order valence-corrected chi connectivity index (χ1v) is 4.21. The van der Waals surface area contributed by atoms with E-state index in [0.29, 0.717) is 16.7 Å². The first kappa shape index (κ1) is 7.32. The van der Waals surface area contributed by atoms with E-state index in [1.165, 1.54) is 0 Å². The number of hydrogen-bond donors (Lipinski definition) is 0. The minimum absolute atomic E-state index is 0.337. The van der Waals surface area contributed by atoms with E-state index >= 15 is 0 Å². The van der Waals surface area contributed by atoms with E-state index in [0.717, 1.165) is 0 Å². The fourth-order valence-corrected chi connectivity index (χ4v) is 1.53. The molecule has 4 nitrogen and oxygen atoms in total. The molecule has 0 aliphatic rings. The fraction of sp³-hybridized carbons (Fsp3) is 0. The van der Waals surface area contributed by atoms with Gasteiger partial charge in [0, 0.05) is 12.4 Å². The van der Waals surface area contributed by atoms with Crippen molar-refractivity contribution in [1.29, 1.82) is 0 Å². The third kappa shape index (κ3) is 0.821. The monoisotopic (exact) mass is 186 g/mol. The van der Waals surface area contributed by atoms with Crippen molar-refractivity contribution < 1.29 is 4.42 Å². The Morgan fingerprint density at radius 1 is 1.29 bits per heavy atom. The standard InChI is InChI=1S/C10H6N2O2/c13-10-7-3-2-6-12(7)9-8(14-10)4-1-5-11-9/h1-6H. The zero-order valence-electron chi connectivity index (χ0n) is 7.18. The van der Waals surface area contributed by atoms with E-state index in [1.807, 2.05) is 0 Å². The molecule has 0 saturated carbocycles. The van der Waals surface area contributed by atoms with Gasteiger partial charge in [-0.25, -0.2) is 9.78 Å². The number of hydrogen-bond acceptors (Lipinski definition) is 3. The molecule has 0 bridgehead atoms. The lowest BCUT2D eigenvalue weighted by Gasteiger charge is -1.98. The van der Waals surface area contributed by atoms with Crippen LogP contribution in [-0.2, 0) is 0 Å². The third-order valence-electron chi connectivity index (χ3n) is 2.14. The molecule has 0 aliphatic heterocycles. The van der Waals surface area contributed by atoms with Crippen LogP contribution in [0.4, 0.5) is 0 Å². The highest BCUT2D eigenvalue weighted by Crippen LogP contribution is 2.10. The Bertz CT molecular complexity index is 666. The Morgan fingerprint density at radius 3 is 3.14 bits per heavy atom. The predicted octanol–water partition coefficient (Wildman–Crippen LogP) is 1.44. The van der Waals surface area contributed by atoms with Crippen molar-refractivity contribution in [3.05, 3.63) is 47.1 Å². The number of pyridine rings is 1. The zero-order valence-corrected chi connectivity index (χ0v) is 7.18. The van der Waals surface area contributed by atoms with E-state index in [-0.39, 0.29) is 5.63 Å². The smallest absolute Gasteiger partial charge is 0.360 e. The van der Waals surface area contributed by atoms with Gasteiger partial charge in [-0.2, -0.15) is 0 Å². The second-order valence-electron chi connectivity index (χ2n) is 2.98. The minimum Gasteiger partial charge on any atom is -0.418 e. The summed E-state index contributed by atoms with van der Waals surface area (Å²) in [5.74, 6) is 0. The largest absolute Gasteiger partial charge is 0.418 e. The van der Waals surface area contributed by atoms with Crippen LogP contribution in [0.3, 0.4) is 0 Å². The van der Waals surface area contributed by atoms with Gasteiger partial charge in [-0.3, -0.25) is 4.40 Å². The molecule has 3 rings (SSSR count). The van der Waals surface area contributed by atoms with Gasteiger partial charge in [-0.05, 0) is 24.3 Å². The van der Waals surface area contributed by atoms with Crippen molar-refractivity contribution in [2.45, 2.75) is 0 Å². The lowest BCUT2D eigenvalue weighted by molar-refractivity contribution is 0.561. The second-order valence-corrected chi connectivity index (χ2v) is 2.98. The quantitative estimate of drug-likeness (QED) is 0.533. The van der Waals surface area contributed by atoms with Crippen LogP contribution in [0.5, 0.6) is 0 Å². The van der Waals surface area contributed by atoms with Gasteiger partial charge in [0.25, 0.3) is 0 Å². The molecular weight excluding hydrogens is 180 g/mol. The summed E-state index contributed by atoms with van der Waals surface area (Å²) >= 11 is 0. The zero-order chi connectivity index (χ0) is 9.54. The summed E-state index contributed by atoms with van der Waals surface area (Å²) < 4.78 is 6.82. The highest BCUT2D eigenvalue weighted by molar-refractivity contribution is 5.71. The van der Waals surface area contributed by atoms with Crippen molar-refractivity contribution in [3.63, 3.8) is 0 Å². The van der Waals surface area contributed by atoms with Gasteiger partial charge in [0.05, 0.1) is 0 Å². The molecule has 3 aromatic rings. The highest BCUT2D eigenvalue weighted by atomic mass is 16.4. The molecule has 0 saturated heterocycles. The molecule has 0 atom stereocenters. The average molecular weight is 186 g/mol. The number of fused-ring (bicyclic) bond motifs is 3. The summed E-state index contributed by atoms with van der Waals surface area (Å²) in [7, 11) is 0. The molecular formula is C10H6N2O2. The first-order valence-electron chi connectivity index (χ1n) is 4.21. The molecule has 14 heavy (non-hydrogen) atoms. The van der Waals surface area contributed by atoms with Crippen LogP contribution in [0.1, 0.15) is 0 Å². The van der Waals surface area contributed by atoms with Crippen LogP contribution in [-0.4, -0.2) is 9.38 Å². The molecule has 0 spiro atoms. The summed E-state index contributed by atoms with van der Waals surface area (Å²) in [6.07, 6.45) is 3.46.